The van der Waals surface area contributed by atoms with E-state index in [9.17, 15) is 14.4 Å². The normalized spacial score (nSPS) is 28.1. The van der Waals surface area contributed by atoms with Gasteiger partial charge in [0.05, 0.1) is 12.0 Å². The third kappa shape index (κ3) is 5.17. The van der Waals surface area contributed by atoms with E-state index in [1.807, 2.05) is 42.2 Å². The van der Waals surface area contributed by atoms with Gasteiger partial charge >= 0.3 is 5.97 Å². The van der Waals surface area contributed by atoms with Crippen molar-refractivity contribution in [3.63, 3.8) is 0 Å². The Kier molecular flexibility index (Phi) is 6.93. The summed E-state index contributed by atoms with van der Waals surface area (Å²) in [6.07, 6.45) is 3.49. The molecule has 0 radical (unpaired) electrons. The number of amides is 2. The first-order chi connectivity index (χ1) is 13.9. The molecule has 2 fully saturated rings. The molecule has 2 amide bonds. The molecule has 1 aromatic rings. The number of esters is 1. The molecule has 2 aliphatic rings. The Hall–Kier alpha value is -2.37. The lowest BCUT2D eigenvalue weighted by atomic mass is 9.77. The highest BCUT2D eigenvalue weighted by Crippen LogP contribution is 2.35. The molecule has 1 heterocycles. The van der Waals surface area contributed by atoms with Gasteiger partial charge in [-0.05, 0) is 30.7 Å². The molecule has 1 saturated carbocycles. The van der Waals surface area contributed by atoms with Crippen molar-refractivity contribution in [1.82, 2.24) is 10.2 Å². The molecule has 0 unspecified atom stereocenters. The Morgan fingerprint density at radius 1 is 1.21 bits per heavy atom. The van der Waals surface area contributed by atoms with Crippen molar-refractivity contribution >= 4 is 17.8 Å². The predicted molar refractivity (Wildman–Crippen MR) is 110 cm³/mol. The predicted octanol–water partition coefficient (Wildman–Crippen LogP) is 3.08. The number of nitrogens with one attached hydrogen (secondary N) is 1. The van der Waals surface area contributed by atoms with Gasteiger partial charge in [0.15, 0.2) is 6.61 Å². The van der Waals surface area contributed by atoms with E-state index in [2.05, 4.69) is 19.2 Å². The number of likely N-dealkylation sites (tertiary alicyclic amines) is 1. The molecule has 29 heavy (non-hydrogen) atoms. The summed E-state index contributed by atoms with van der Waals surface area (Å²) in [4.78, 5) is 39.0. The second-order valence-electron chi connectivity index (χ2n) is 8.59. The van der Waals surface area contributed by atoms with E-state index in [0.29, 0.717) is 18.4 Å². The van der Waals surface area contributed by atoms with Crippen molar-refractivity contribution in [3.8, 4) is 0 Å². The van der Waals surface area contributed by atoms with Crippen LogP contribution >= 0.6 is 0 Å². The van der Waals surface area contributed by atoms with Gasteiger partial charge in [-0.2, -0.15) is 0 Å². The molecule has 1 saturated heterocycles. The van der Waals surface area contributed by atoms with Crippen LogP contribution in [0.4, 0.5) is 0 Å². The van der Waals surface area contributed by atoms with Gasteiger partial charge in [-0.15, -0.1) is 0 Å². The van der Waals surface area contributed by atoms with Crippen LogP contribution in [0.3, 0.4) is 0 Å². The maximum atomic E-state index is 12.5. The minimum atomic E-state index is -0.480. The lowest BCUT2D eigenvalue weighted by Crippen LogP contribution is -2.45. The zero-order chi connectivity index (χ0) is 21.0. The summed E-state index contributed by atoms with van der Waals surface area (Å²) in [7, 11) is 0. The van der Waals surface area contributed by atoms with Crippen molar-refractivity contribution in [2.24, 2.45) is 17.8 Å². The van der Waals surface area contributed by atoms with E-state index < -0.39 is 11.9 Å². The highest BCUT2D eigenvalue weighted by molar-refractivity contribution is 5.88. The number of benzene rings is 1. The molecular formula is C23H32N2O4. The summed E-state index contributed by atoms with van der Waals surface area (Å²) in [6.45, 7) is 6.40. The van der Waals surface area contributed by atoms with Gasteiger partial charge in [0.2, 0.25) is 5.91 Å². The van der Waals surface area contributed by atoms with Crippen LogP contribution in [0, 0.1) is 17.8 Å². The second kappa shape index (κ2) is 9.42. The Bertz CT molecular complexity index is 736. The van der Waals surface area contributed by atoms with Gasteiger partial charge < -0.3 is 15.0 Å². The molecule has 0 bridgehead atoms. The molecule has 0 aromatic heterocycles. The van der Waals surface area contributed by atoms with Crippen LogP contribution in [0.2, 0.25) is 0 Å². The quantitative estimate of drug-likeness (QED) is 0.745. The first-order valence-corrected chi connectivity index (χ1v) is 10.7. The molecular weight excluding hydrogens is 368 g/mol. The van der Waals surface area contributed by atoms with Crippen LogP contribution in [0.5, 0.6) is 0 Å². The third-order valence-electron chi connectivity index (χ3n) is 6.58. The van der Waals surface area contributed by atoms with Crippen molar-refractivity contribution in [2.45, 2.75) is 58.5 Å². The number of rotatable bonds is 6. The Morgan fingerprint density at radius 2 is 1.93 bits per heavy atom. The summed E-state index contributed by atoms with van der Waals surface area (Å²) in [5.74, 6) is -0.229. The average molecular weight is 401 g/mol. The zero-order valence-electron chi connectivity index (χ0n) is 17.6. The summed E-state index contributed by atoms with van der Waals surface area (Å²) in [5.41, 5.74) is 0.986. The highest BCUT2D eigenvalue weighted by atomic mass is 16.5. The number of nitrogens with zero attached hydrogens (tertiary/aromatic N) is 1. The molecule has 1 aliphatic carbocycles. The average Bonchev–Trinajstić information content (AvgIpc) is 3.10. The molecule has 1 N–H and O–H groups in total. The maximum absolute atomic E-state index is 12.5. The number of hydrogen-bond donors (Lipinski definition) is 1. The number of carbonyl (C=O) groups excluding carboxylic acids is 3. The summed E-state index contributed by atoms with van der Waals surface area (Å²) < 4.78 is 5.23. The van der Waals surface area contributed by atoms with Crippen molar-refractivity contribution < 1.29 is 19.1 Å². The molecule has 3 rings (SSSR count). The van der Waals surface area contributed by atoms with Crippen LogP contribution in [-0.2, 0) is 19.1 Å². The lowest BCUT2D eigenvalue weighted by molar-refractivity contribution is -0.152. The summed E-state index contributed by atoms with van der Waals surface area (Å²) >= 11 is 0. The fraction of sp³-hybridized carbons (Fsp3) is 0.609. The van der Waals surface area contributed by atoms with E-state index >= 15 is 0 Å². The number of hydrogen-bond acceptors (Lipinski definition) is 4. The minimum absolute atomic E-state index is 0.0278. The first-order valence-electron chi connectivity index (χ1n) is 10.7. The topological polar surface area (TPSA) is 75.7 Å². The fourth-order valence-electron chi connectivity index (χ4n) is 4.57. The smallest absolute Gasteiger partial charge is 0.311 e. The second-order valence-corrected chi connectivity index (χ2v) is 8.59. The van der Waals surface area contributed by atoms with Gasteiger partial charge in [-0.1, -0.05) is 57.0 Å². The maximum Gasteiger partial charge on any atom is 0.311 e. The van der Waals surface area contributed by atoms with E-state index in [4.69, 9.17) is 4.74 Å². The van der Waals surface area contributed by atoms with Gasteiger partial charge in [0.1, 0.15) is 0 Å². The van der Waals surface area contributed by atoms with Crippen molar-refractivity contribution in [3.05, 3.63) is 35.9 Å². The Morgan fingerprint density at radius 3 is 2.66 bits per heavy atom. The summed E-state index contributed by atoms with van der Waals surface area (Å²) in [5, 5.41) is 2.83. The van der Waals surface area contributed by atoms with Gasteiger partial charge in [-0.3, -0.25) is 14.4 Å². The molecule has 6 nitrogen and oxygen atoms in total. The van der Waals surface area contributed by atoms with Crippen LogP contribution in [-0.4, -0.2) is 41.9 Å². The highest BCUT2D eigenvalue weighted by Gasteiger charge is 2.42. The molecule has 1 aliphatic heterocycles. The lowest BCUT2D eigenvalue weighted by Gasteiger charge is -2.39. The molecule has 1 aromatic carbocycles. The molecule has 5 atom stereocenters. The van der Waals surface area contributed by atoms with E-state index in [0.717, 1.165) is 18.4 Å². The first kappa shape index (κ1) is 21.3. The standard InChI is InChI=1S/C23H32N2O4/c1-15-8-7-11-20(16(15)2)25-13-19(12-22(25)27)23(28)29-14-21(26)24-17(3)18-9-5-4-6-10-18/h4-6,9-10,15-17,19-20H,7-8,11-14H2,1-3H3,(H,24,26)/t15-,16-,17+,19-,20-/m1/s1. The van der Waals surface area contributed by atoms with Crippen molar-refractivity contribution in [2.75, 3.05) is 13.2 Å². The van der Waals surface area contributed by atoms with Gasteiger partial charge in [-0.25, -0.2) is 0 Å². The minimum Gasteiger partial charge on any atom is -0.455 e. The van der Waals surface area contributed by atoms with Crippen LogP contribution in [0.15, 0.2) is 30.3 Å². The third-order valence-corrected chi connectivity index (χ3v) is 6.58. The van der Waals surface area contributed by atoms with Crippen LogP contribution in [0.1, 0.15) is 58.1 Å². The van der Waals surface area contributed by atoms with E-state index in [1.54, 1.807) is 0 Å². The summed E-state index contributed by atoms with van der Waals surface area (Å²) in [6, 6.07) is 9.65. The molecule has 6 heteroatoms. The molecule has 0 spiro atoms. The van der Waals surface area contributed by atoms with E-state index in [1.165, 1.54) is 6.42 Å². The van der Waals surface area contributed by atoms with Crippen molar-refractivity contribution in [1.29, 1.82) is 0 Å². The zero-order valence-corrected chi connectivity index (χ0v) is 17.6. The monoisotopic (exact) mass is 400 g/mol. The van der Waals surface area contributed by atoms with Crippen LogP contribution in [0.25, 0.3) is 0 Å². The fourth-order valence-corrected chi connectivity index (χ4v) is 4.57. The Balaban J connectivity index is 1.47. The van der Waals surface area contributed by atoms with Gasteiger partial charge in [0, 0.05) is 19.0 Å². The number of ether oxygens (including phenoxy) is 1. The Labute approximate surface area is 173 Å². The van der Waals surface area contributed by atoms with E-state index in [-0.39, 0.29) is 36.9 Å². The largest absolute Gasteiger partial charge is 0.455 e. The van der Waals surface area contributed by atoms with Crippen LogP contribution < -0.4 is 5.32 Å². The molecule has 158 valence electrons. The number of carbonyl (C=O) groups is 3. The van der Waals surface area contributed by atoms with Gasteiger partial charge in [0.25, 0.3) is 5.91 Å². The SMILES string of the molecule is C[C@@H]1[C@H](C)CCC[C@H]1N1C[C@H](C(=O)OCC(=O)N[C@@H](C)c2ccccc2)CC1=O.